The molecule has 8 nitrogen and oxygen atoms in total. The van der Waals surface area contributed by atoms with Crippen LogP contribution >= 0.6 is 0 Å². The molecule has 1 fully saturated rings. The topological polar surface area (TPSA) is 101 Å². The second-order valence-electron chi connectivity index (χ2n) is 11.7. The van der Waals surface area contributed by atoms with E-state index < -0.39 is 35.7 Å². The molecule has 0 spiro atoms. The molecule has 1 aromatic heterocycles. The van der Waals surface area contributed by atoms with Crippen molar-refractivity contribution in [1.82, 2.24) is 15.2 Å². The molecule has 0 unspecified atom stereocenters. The van der Waals surface area contributed by atoms with Crippen LogP contribution in [0, 0.1) is 0 Å². The summed E-state index contributed by atoms with van der Waals surface area (Å²) < 4.78 is 11.9. The number of pyridine rings is 1. The number of hydrogen-bond donors (Lipinski definition) is 2. The van der Waals surface area contributed by atoms with Crippen molar-refractivity contribution < 1.29 is 24.2 Å². The largest absolute Gasteiger partial charge is 0.465 e. The van der Waals surface area contributed by atoms with Gasteiger partial charge >= 0.3 is 12.2 Å². The van der Waals surface area contributed by atoms with Gasteiger partial charge in [-0.05, 0) is 82.2 Å². The number of benzene rings is 2. The molecular formula is C32H39N3O5. The van der Waals surface area contributed by atoms with E-state index in [1.165, 1.54) is 4.90 Å². The Morgan fingerprint density at radius 2 is 1.73 bits per heavy atom. The van der Waals surface area contributed by atoms with Gasteiger partial charge in [0.15, 0.2) is 0 Å². The number of nitrogens with zero attached hydrogens (tertiary/aromatic N) is 2. The van der Waals surface area contributed by atoms with Crippen LogP contribution in [0.1, 0.15) is 52.2 Å². The van der Waals surface area contributed by atoms with Crippen molar-refractivity contribution in [3.05, 3.63) is 90.3 Å². The average Bonchev–Trinajstić information content (AvgIpc) is 3.13. The highest BCUT2D eigenvalue weighted by Gasteiger charge is 2.50. The number of rotatable bonds is 8. The predicted octanol–water partition coefficient (Wildman–Crippen LogP) is 6.30. The smallest absolute Gasteiger partial charge is 0.409 e. The summed E-state index contributed by atoms with van der Waals surface area (Å²) in [5.41, 5.74) is 2.43. The lowest BCUT2D eigenvalue weighted by molar-refractivity contribution is -0.0695. The second kappa shape index (κ2) is 12.1. The zero-order chi connectivity index (χ0) is 28.9. The molecule has 3 aromatic rings. The Morgan fingerprint density at radius 3 is 2.33 bits per heavy atom. The van der Waals surface area contributed by atoms with Gasteiger partial charge in [-0.1, -0.05) is 60.7 Å². The molecule has 2 aromatic carbocycles. The Kier molecular flexibility index (Phi) is 8.79. The molecule has 1 aliphatic heterocycles. The molecule has 1 saturated heterocycles. The van der Waals surface area contributed by atoms with Crippen LogP contribution in [-0.2, 0) is 22.3 Å². The van der Waals surface area contributed by atoms with E-state index in [0.717, 1.165) is 22.3 Å². The molecule has 3 atom stereocenters. The van der Waals surface area contributed by atoms with E-state index in [9.17, 15) is 14.7 Å². The molecular weight excluding hydrogens is 506 g/mol. The molecule has 0 bridgehead atoms. The number of nitrogens with one attached hydrogen (secondary N) is 1. The highest BCUT2D eigenvalue weighted by molar-refractivity contribution is 5.68. The maximum atomic E-state index is 12.8. The monoisotopic (exact) mass is 545 g/mol. The Labute approximate surface area is 236 Å². The van der Waals surface area contributed by atoms with Gasteiger partial charge in [0.2, 0.25) is 0 Å². The fourth-order valence-corrected chi connectivity index (χ4v) is 5.33. The third kappa shape index (κ3) is 7.60. The Morgan fingerprint density at radius 1 is 1.02 bits per heavy atom. The molecule has 212 valence electrons. The van der Waals surface area contributed by atoms with Crippen LogP contribution in [0.3, 0.4) is 0 Å². The lowest BCUT2D eigenvalue weighted by Crippen LogP contribution is -2.49. The molecule has 8 heteroatoms. The molecule has 1 aliphatic rings. The van der Waals surface area contributed by atoms with Crippen LogP contribution in [0.5, 0.6) is 0 Å². The van der Waals surface area contributed by atoms with Crippen LogP contribution < -0.4 is 5.32 Å². The number of hydrogen-bond acceptors (Lipinski definition) is 5. The summed E-state index contributed by atoms with van der Waals surface area (Å²) in [6.07, 6.45) is 3.00. The minimum atomic E-state index is -1.04. The van der Waals surface area contributed by atoms with E-state index in [1.807, 2.05) is 93.7 Å². The number of carbonyl (C=O) groups is 2. The zero-order valence-corrected chi connectivity index (χ0v) is 23.8. The minimum absolute atomic E-state index is 0.331. The van der Waals surface area contributed by atoms with E-state index in [4.69, 9.17) is 9.47 Å². The van der Waals surface area contributed by atoms with Gasteiger partial charge in [-0.3, -0.25) is 9.88 Å². The first-order valence-corrected chi connectivity index (χ1v) is 13.6. The van der Waals surface area contributed by atoms with E-state index in [1.54, 1.807) is 20.0 Å². The van der Waals surface area contributed by atoms with E-state index in [0.29, 0.717) is 19.3 Å². The Bertz CT molecular complexity index is 1270. The van der Waals surface area contributed by atoms with Gasteiger partial charge in [0.1, 0.15) is 11.3 Å². The first-order chi connectivity index (χ1) is 18.9. The Hall–Kier alpha value is -3.91. The number of carboxylic acid groups (broad SMARTS) is 1. The first kappa shape index (κ1) is 29.1. The Balaban J connectivity index is 1.58. The second-order valence-corrected chi connectivity index (χ2v) is 11.7. The van der Waals surface area contributed by atoms with Crippen LogP contribution in [0.4, 0.5) is 9.59 Å². The number of alkyl carbamates (subject to hydrolysis) is 1. The van der Waals surface area contributed by atoms with Crippen molar-refractivity contribution >= 4 is 12.2 Å². The molecule has 2 heterocycles. The maximum absolute atomic E-state index is 12.8. The maximum Gasteiger partial charge on any atom is 0.409 e. The summed E-state index contributed by atoms with van der Waals surface area (Å²) >= 11 is 0. The predicted molar refractivity (Wildman–Crippen MR) is 154 cm³/mol. The molecule has 40 heavy (non-hydrogen) atoms. The zero-order valence-electron chi connectivity index (χ0n) is 23.8. The van der Waals surface area contributed by atoms with Crippen molar-refractivity contribution in [3.8, 4) is 11.1 Å². The van der Waals surface area contributed by atoms with Gasteiger partial charge in [0.05, 0.1) is 12.1 Å². The molecule has 0 aliphatic carbocycles. The normalized spacial score (nSPS) is 19.2. The molecule has 0 saturated carbocycles. The fourth-order valence-electron chi connectivity index (χ4n) is 5.33. The minimum Gasteiger partial charge on any atom is -0.465 e. The molecule has 2 N–H and O–H groups in total. The van der Waals surface area contributed by atoms with Crippen LogP contribution in [0.15, 0.2) is 79.1 Å². The van der Waals surface area contributed by atoms with Crippen LogP contribution in [0.25, 0.3) is 11.1 Å². The third-order valence-electron chi connectivity index (χ3n) is 6.94. The van der Waals surface area contributed by atoms with Crippen molar-refractivity contribution in [3.63, 3.8) is 0 Å². The summed E-state index contributed by atoms with van der Waals surface area (Å²) in [4.78, 5) is 30.8. The van der Waals surface area contributed by atoms with Gasteiger partial charge < -0.3 is 19.9 Å². The highest BCUT2D eigenvalue weighted by Crippen LogP contribution is 2.36. The average molecular weight is 546 g/mol. The van der Waals surface area contributed by atoms with Gasteiger partial charge in [0, 0.05) is 18.4 Å². The van der Waals surface area contributed by atoms with E-state index in [-0.39, 0.29) is 6.04 Å². The molecule has 2 amide bonds. The number of aromatic nitrogens is 1. The van der Waals surface area contributed by atoms with Gasteiger partial charge in [0.25, 0.3) is 0 Å². The van der Waals surface area contributed by atoms with Gasteiger partial charge in [-0.25, -0.2) is 9.59 Å². The summed E-state index contributed by atoms with van der Waals surface area (Å²) in [5, 5.41) is 13.2. The number of carbonyl (C=O) groups excluding carboxylic acids is 1. The first-order valence-electron chi connectivity index (χ1n) is 13.6. The summed E-state index contributed by atoms with van der Waals surface area (Å²) in [7, 11) is 0. The molecule has 4 rings (SSSR count). The summed E-state index contributed by atoms with van der Waals surface area (Å²) in [5.74, 6) is 0. The van der Waals surface area contributed by atoms with Crippen LogP contribution in [-0.4, -0.2) is 56.7 Å². The lowest BCUT2D eigenvalue weighted by atomic mass is 9.93. The van der Waals surface area contributed by atoms with E-state index >= 15 is 0 Å². The summed E-state index contributed by atoms with van der Waals surface area (Å²) in [6.45, 7) is 9.01. The lowest BCUT2D eigenvalue weighted by Gasteiger charge is -2.31. The SMILES string of the molecule is CC(C)(C)OC(=O)N[C@@H](Cc1ccccc1)C[C@@H]1OC(C)(C)N(C(=O)O)[C@H]1Cc1ccc(-c2cccnc2)cc1. The van der Waals surface area contributed by atoms with E-state index in [2.05, 4.69) is 10.3 Å². The summed E-state index contributed by atoms with van der Waals surface area (Å²) in [6, 6.07) is 21.1. The highest BCUT2D eigenvalue weighted by atomic mass is 16.6. The van der Waals surface area contributed by atoms with Crippen molar-refractivity contribution in [2.45, 2.75) is 83.4 Å². The molecule has 0 radical (unpaired) electrons. The standard InChI is InChI=1S/C32H39N3O5/c1-31(2,3)40-29(36)34-26(18-22-10-7-6-8-11-22)20-28-27(35(30(37)38)32(4,5)39-28)19-23-13-15-24(16-14-23)25-12-9-17-33-21-25/h6-17,21,26-28H,18-20H2,1-5H3,(H,34,36)(H,37,38)/t26-,27-,28-/m0/s1. The van der Waals surface area contributed by atoms with Crippen molar-refractivity contribution in [2.24, 2.45) is 0 Å². The van der Waals surface area contributed by atoms with Gasteiger partial charge in [-0.2, -0.15) is 0 Å². The van der Waals surface area contributed by atoms with Crippen molar-refractivity contribution in [2.75, 3.05) is 0 Å². The number of ether oxygens (including phenoxy) is 2. The quantitative estimate of drug-likeness (QED) is 0.344. The fraction of sp³-hybridized carbons (Fsp3) is 0.406. The van der Waals surface area contributed by atoms with Crippen molar-refractivity contribution in [1.29, 1.82) is 0 Å². The number of amides is 2. The van der Waals surface area contributed by atoms with Crippen LogP contribution in [0.2, 0.25) is 0 Å². The van der Waals surface area contributed by atoms with Gasteiger partial charge in [-0.15, -0.1) is 0 Å². The third-order valence-corrected chi connectivity index (χ3v) is 6.94.